The van der Waals surface area contributed by atoms with Crippen molar-refractivity contribution in [1.82, 2.24) is 10.6 Å². The molecule has 2 amide bonds. The number of benzene rings is 3. The second-order valence-electron chi connectivity index (χ2n) is 6.94. The fourth-order valence-corrected chi connectivity index (χ4v) is 3.26. The minimum atomic E-state index is -0.0737. The minimum Gasteiger partial charge on any atom is -0.355 e. The molecule has 0 atom stereocenters. The molecule has 0 aromatic heterocycles. The number of nitrogens with one attached hydrogen (secondary N) is 2. The molecule has 148 valence electrons. The molecule has 0 bridgehead atoms. The first-order valence-electron chi connectivity index (χ1n) is 9.89. The van der Waals surface area contributed by atoms with E-state index in [1.54, 1.807) is 0 Å². The Morgan fingerprint density at radius 2 is 1.17 bits per heavy atom. The van der Waals surface area contributed by atoms with Crippen LogP contribution in [0.2, 0.25) is 0 Å². The molecule has 4 nitrogen and oxygen atoms in total. The zero-order valence-electron chi connectivity index (χ0n) is 16.4. The van der Waals surface area contributed by atoms with Crippen LogP contribution in [0.25, 0.3) is 0 Å². The van der Waals surface area contributed by atoms with Gasteiger partial charge < -0.3 is 10.6 Å². The summed E-state index contributed by atoms with van der Waals surface area (Å²) in [4.78, 5) is 24.3. The van der Waals surface area contributed by atoms with Crippen LogP contribution in [0.5, 0.6) is 0 Å². The van der Waals surface area contributed by atoms with E-state index >= 15 is 0 Å². The average molecular weight is 386 g/mol. The van der Waals surface area contributed by atoms with Crippen molar-refractivity contribution >= 4 is 11.8 Å². The van der Waals surface area contributed by atoms with Gasteiger partial charge in [0.15, 0.2) is 0 Å². The van der Waals surface area contributed by atoms with Gasteiger partial charge in [0, 0.05) is 25.4 Å². The molecule has 3 aromatic carbocycles. The van der Waals surface area contributed by atoms with Crippen LogP contribution in [0.1, 0.15) is 29.0 Å². The van der Waals surface area contributed by atoms with Gasteiger partial charge in [-0.25, -0.2) is 0 Å². The van der Waals surface area contributed by atoms with Crippen molar-refractivity contribution in [3.05, 3.63) is 108 Å². The Morgan fingerprint density at radius 1 is 0.655 bits per heavy atom. The van der Waals surface area contributed by atoms with Crippen molar-refractivity contribution in [3.8, 4) is 0 Å². The minimum absolute atomic E-state index is 0.0677. The van der Waals surface area contributed by atoms with Gasteiger partial charge in [-0.2, -0.15) is 0 Å². The Bertz CT molecular complexity index is 856. The predicted molar refractivity (Wildman–Crippen MR) is 116 cm³/mol. The molecule has 0 aliphatic heterocycles. The molecule has 0 heterocycles. The largest absolute Gasteiger partial charge is 0.355 e. The zero-order chi connectivity index (χ0) is 20.3. The molecule has 0 radical (unpaired) electrons. The average Bonchev–Trinajstić information content (AvgIpc) is 2.76. The topological polar surface area (TPSA) is 58.2 Å². The lowest BCUT2D eigenvalue weighted by Crippen LogP contribution is -2.33. The Hall–Kier alpha value is -3.40. The van der Waals surface area contributed by atoms with E-state index in [1.807, 2.05) is 66.7 Å². The standard InChI is InChI=1S/C25H26N2O2/c28-24(16-17-26-25(29)18-20-10-4-1-5-11-20)27-19-23(21-12-6-2-7-13-21)22-14-8-3-9-15-22/h1-15,23H,16-19H2,(H,26,29)(H,27,28). The Kier molecular flexibility index (Phi) is 7.58. The summed E-state index contributed by atoms with van der Waals surface area (Å²) < 4.78 is 0. The first-order valence-corrected chi connectivity index (χ1v) is 9.89. The van der Waals surface area contributed by atoms with Gasteiger partial charge in [0.05, 0.1) is 6.42 Å². The highest BCUT2D eigenvalue weighted by molar-refractivity contribution is 5.80. The molecule has 4 heteroatoms. The van der Waals surface area contributed by atoms with E-state index in [1.165, 1.54) is 0 Å². The van der Waals surface area contributed by atoms with Gasteiger partial charge in [0.2, 0.25) is 11.8 Å². The molecule has 0 saturated carbocycles. The van der Waals surface area contributed by atoms with E-state index < -0.39 is 0 Å². The fourth-order valence-electron chi connectivity index (χ4n) is 3.26. The van der Waals surface area contributed by atoms with Crippen LogP contribution in [-0.2, 0) is 16.0 Å². The number of hydrogen-bond donors (Lipinski definition) is 2. The molecular formula is C25H26N2O2. The zero-order valence-corrected chi connectivity index (χ0v) is 16.4. The van der Waals surface area contributed by atoms with Crippen LogP contribution in [0, 0.1) is 0 Å². The second-order valence-corrected chi connectivity index (χ2v) is 6.94. The van der Waals surface area contributed by atoms with Crippen LogP contribution >= 0.6 is 0 Å². The highest BCUT2D eigenvalue weighted by Crippen LogP contribution is 2.23. The van der Waals surface area contributed by atoms with Gasteiger partial charge in [-0.3, -0.25) is 9.59 Å². The maximum atomic E-state index is 12.3. The highest BCUT2D eigenvalue weighted by Gasteiger charge is 2.15. The molecule has 3 rings (SSSR count). The summed E-state index contributed by atoms with van der Waals surface area (Å²) >= 11 is 0. The SMILES string of the molecule is O=C(CCNC(=O)Cc1ccccc1)NCC(c1ccccc1)c1ccccc1. The van der Waals surface area contributed by atoms with E-state index in [0.717, 1.165) is 16.7 Å². The number of amides is 2. The van der Waals surface area contributed by atoms with Gasteiger partial charge >= 0.3 is 0 Å². The third-order valence-electron chi connectivity index (χ3n) is 4.79. The number of hydrogen-bond acceptors (Lipinski definition) is 2. The van der Waals surface area contributed by atoms with Crippen LogP contribution < -0.4 is 10.6 Å². The lowest BCUT2D eigenvalue weighted by Gasteiger charge is -2.19. The Balaban J connectivity index is 1.47. The maximum absolute atomic E-state index is 12.3. The van der Waals surface area contributed by atoms with Gasteiger partial charge in [0.1, 0.15) is 0 Å². The predicted octanol–water partition coefficient (Wildman–Crippen LogP) is 3.68. The normalized spacial score (nSPS) is 10.5. The summed E-state index contributed by atoms with van der Waals surface area (Å²) in [6.45, 7) is 0.851. The molecule has 0 spiro atoms. The monoisotopic (exact) mass is 386 g/mol. The highest BCUT2D eigenvalue weighted by atomic mass is 16.2. The molecule has 0 fully saturated rings. The summed E-state index contributed by atoms with van der Waals surface area (Å²) in [7, 11) is 0. The Morgan fingerprint density at radius 3 is 1.72 bits per heavy atom. The van der Waals surface area contributed by atoms with Crippen molar-refractivity contribution in [2.45, 2.75) is 18.8 Å². The first-order chi connectivity index (χ1) is 14.2. The molecule has 0 aliphatic rings. The summed E-state index contributed by atoms with van der Waals surface area (Å²) in [5, 5.41) is 5.83. The molecule has 0 saturated heterocycles. The van der Waals surface area contributed by atoms with E-state index in [4.69, 9.17) is 0 Å². The van der Waals surface area contributed by atoms with Crippen LogP contribution in [0.4, 0.5) is 0 Å². The smallest absolute Gasteiger partial charge is 0.224 e. The second kappa shape index (κ2) is 10.8. The van der Waals surface area contributed by atoms with Crippen molar-refractivity contribution in [2.24, 2.45) is 0 Å². The molecule has 2 N–H and O–H groups in total. The maximum Gasteiger partial charge on any atom is 0.224 e. The third-order valence-corrected chi connectivity index (χ3v) is 4.79. The van der Waals surface area contributed by atoms with E-state index in [9.17, 15) is 9.59 Å². The van der Waals surface area contributed by atoms with Gasteiger partial charge in [-0.05, 0) is 16.7 Å². The molecular weight excluding hydrogens is 360 g/mol. The quantitative estimate of drug-likeness (QED) is 0.589. The van der Waals surface area contributed by atoms with Gasteiger partial charge in [0.25, 0.3) is 0 Å². The van der Waals surface area contributed by atoms with Crippen LogP contribution in [0.3, 0.4) is 0 Å². The van der Waals surface area contributed by atoms with E-state index in [-0.39, 0.29) is 24.2 Å². The number of carbonyl (C=O) groups is 2. The number of rotatable bonds is 9. The summed E-state index contributed by atoms with van der Waals surface area (Å²) in [6.07, 6.45) is 0.587. The molecule has 3 aromatic rings. The van der Waals surface area contributed by atoms with Crippen molar-refractivity contribution in [2.75, 3.05) is 13.1 Å². The number of carbonyl (C=O) groups excluding carboxylic acids is 2. The third kappa shape index (κ3) is 6.61. The van der Waals surface area contributed by atoms with E-state index in [2.05, 4.69) is 34.9 Å². The van der Waals surface area contributed by atoms with Crippen LogP contribution in [-0.4, -0.2) is 24.9 Å². The summed E-state index contributed by atoms with van der Waals surface area (Å²) in [5.41, 5.74) is 3.29. The van der Waals surface area contributed by atoms with Crippen molar-refractivity contribution < 1.29 is 9.59 Å². The van der Waals surface area contributed by atoms with Crippen molar-refractivity contribution in [1.29, 1.82) is 0 Å². The lowest BCUT2D eigenvalue weighted by atomic mass is 9.91. The van der Waals surface area contributed by atoms with Crippen molar-refractivity contribution in [3.63, 3.8) is 0 Å². The molecule has 29 heavy (non-hydrogen) atoms. The van der Waals surface area contributed by atoms with Gasteiger partial charge in [-0.1, -0.05) is 91.0 Å². The summed E-state index contributed by atoms with van der Waals surface area (Å²) in [6, 6.07) is 29.9. The molecule has 0 unspecified atom stereocenters. The fraction of sp³-hybridized carbons (Fsp3) is 0.200. The summed E-state index contributed by atoms with van der Waals surface area (Å²) in [5.74, 6) is -0.0497. The van der Waals surface area contributed by atoms with E-state index in [0.29, 0.717) is 19.5 Å². The first kappa shape index (κ1) is 20.3. The van der Waals surface area contributed by atoms with Gasteiger partial charge in [-0.15, -0.1) is 0 Å². The van der Waals surface area contributed by atoms with Crippen LogP contribution in [0.15, 0.2) is 91.0 Å². The Labute approximate surface area is 172 Å². The lowest BCUT2D eigenvalue weighted by molar-refractivity contribution is -0.122. The molecule has 0 aliphatic carbocycles.